The fourth-order valence-electron chi connectivity index (χ4n) is 2.04. The van der Waals surface area contributed by atoms with E-state index < -0.39 is 0 Å². The Labute approximate surface area is 118 Å². The number of carbonyl (C=O) groups is 1. The van der Waals surface area contributed by atoms with Crippen LogP contribution in [-0.4, -0.2) is 66.9 Å². The maximum Gasteiger partial charge on any atom is 0.273 e. The van der Waals surface area contributed by atoms with Gasteiger partial charge in [-0.2, -0.15) is 0 Å². The number of nitrogens with two attached hydrogens (primary N) is 1. The van der Waals surface area contributed by atoms with Gasteiger partial charge in [-0.15, -0.1) is 10.2 Å². The van der Waals surface area contributed by atoms with Gasteiger partial charge in [-0.1, -0.05) is 0 Å². The van der Waals surface area contributed by atoms with Gasteiger partial charge in [0, 0.05) is 33.2 Å². The van der Waals surface area contributed by atoms with E-state index in [4.69, 9.17) is 10.5 Å². The number of hydrogen-bond acceptors (Lipinski definition) is 6. The molecule has 1 amide bonds. The molecule has 1 saturated heterocycles. The van der Waals surface area contributed by atoms with E-state index in [2.05, 4.69) is 15.1 Å². The number of anilines is 1. The van der Waals surface area contributed by atoms with Crippen LogP contribution in [0, 0.1) is 0 Å². The molecule has 0 spiro atoms. The smallest absolute Gasteiger partial charge is 0.273 e. The first-order chi connectivity index (χ1) is 9.49. The van der Waals surface area contributed by atoms with Crippen LogP contribution in [0.4, 0.5) is 5.82 Å². The van der Waals surface area contributed by atoms with Crippen molar-refractivity contribution in [3.05, 3.63) is 17.8 Å². The second-order valence-corrected chi connectivity index (χ2v) is 5.19. The summed E-state index contributed by atoms with van der Waals surface area (Å²) in [7, 11) is 3.38. The van der Waals surface area contributed by atoms with E-state index in [1.54, 1.807) is 20.2 Å². The molecular formula is C13H21N5O2. The highest BCUT2D eigenvalue weighted by Gasteiger charge is 2.24. The lowest BCUT2D eigenvalue weighted by Crippen LogP contribution is -2.49. The molecule has 1 aliphatic heterocycles. The molecule has 0 radical (unpaired) electrons. The number of aromatic nitrogens is 2. The van der Waals surface area contributed by atoms with Crippen LogP contribution in [0.2, 0.25) is 0 Å². The summed E-state index contributed by atoms with van der Waals surface area (Å²) in [5, 5.41) is 8.12. The summed E-state index contributed by atoms with van der Waals surface area (Å²) >= 11 is 0. The fourth-order valence-corrected chi connectivity index (χ4v) is 2.04. The molecule has 110 valence electrons. The third-order valence-electron chi connectivity index (χ3n) is 3.28. The molecule has 0 aromatic carbocycles. The number of ether oxygens (including phenoxy) is 1. The highest BCUT2D eigenvalue weighted by molar-refractivity contribution is 5.91. The highest BCUT2D eigenvalue weighted by atomic mass is 16.5. The molecule has 0 bridgehead atoms. The summed E-state index contributed by atoms with van der Waals surface area (Å²) < 4.78 is 5.61. The van der Waals surface area contributed by atoms with Crippen molar-refractivity contribution < 1.29 is 9.53 Å². The van der Waals surface area contributed by atoms with E-state index in [-0.39, 0.29) is 18.1 Å². The van der Waals surface area contributed by atoms with E-state index in [0.717, 1.165) is 12.4 Å². The summed E-state index contributed by atoms with van der Waals surface area (Å²) in [6.45, 7) is 3.98. The van der Waals surface area contributed by atoms with Gasteiger partial charge in [0.05, 0.1) is 12.7 Å². The van der Waals surface area contributed by atoms with Crippen molar-refractivity contribution in [3.8, 4) is 0 Å². The number of nitrogens with zero attached hydrogens (tertiary/aromatic N) is 4. The van der Waals surface area contributed by atoms with Crippen molar-refractivity contribution in [3.63, 3.8) is 0 Å². The standard InChI is InChI=1S/C13H21N5O2/c1-9(14)11-8-18(6-7-20-11)12-5-4-10(15-16-12)13(19)17(2)3/h4-5,9,11H,6-8,14H2,1-3H3. The molecule has 2 N–H and O–H groups in total. The van der Waals surface area contributed by atoms with Gasteiger partial charge >= 0.3 is 0 Å². The maximum atomic E-state index is 11.7. The van der Waals surface area contributed by atoms with E-state index in [1.807, 2.05) is 13.0 Å². The van der Waals surface area contributed by atoms with E-state index in [1.165, 1.54) is 4.90 Å². The zero-order valence-electron chi connectivity index (χ0n) is 12.1. The summed E-state index contributed by atoms with van der Waals surface area (Å²) in [6.07, 6.45) is -0.00589. The number of carbonyl (C=O) groups excluding carboxylic acids is 1. The number of morpholine rings is 1. The van der Waals surface area contributed by atoms with Crippen LogP contribution in [0.25, 0.3) is 0 Å². The van der Waals surface area contributed by atoms with Crippen molar-refractivity contribution >= 4 is 11.7 Å². The van der Waals surface area contributed by atoms with Crippen LogP contribution in [0.3, 0.4) is 0 Å². The SMILES string of the molecule is CC(N)C1CN(c2ccc(C(=O)N(C)C)nn2)CCO1. The van der Waals surface area contributed by atoms with Crippen LogP contribution in [-0.2, 0) is 4.74 Å². The molecule has 20 heavy (non-hydrogen) atoms. The van der Waals surface area contributed by atoms with Gasteiger partial charge in [-0.25, -0.2) is 0 Å². The summed E-state index contributed by atoms with van der Waals surface area (Å²) in [5.41, 5.74) is 6.21. The van der Waals surface area contributed by atoms with Crippen LogP contribution >= 0.6 is 0 Å². The van der Waals surface area contributed by atoms with Crippen molar-refractivity contribution in [2.45, 2.75) is 19.1 Å². The lowest BCUT2D eigenvalue weighted by Gasteiger charge is -2.35. The molecule has 2 heterocycles. The molecule has 2 unspecified atom stereocenters. The molecule has 1 fully saturated rings. The quantitative estimate of drug-likeness (QED) is 0.820. The second-order valence-electron chi connectivity index (χ2n) is 5.19. The fraction of sp³-hybridized carbons (Fsp3) is 0.615. The third kappa shape index (κ3) is 3.23. The van der Waals surface area contributed by atoms with Gasteiger partial charge in [0.25, 0.3) is 5.91 Å². The minimum atomic E-state index is -0.153. The Morgan fingerprint density at radius 3 is 2.80 bits per heavy atom. The average molecular weight is 279 g/mol. The molecule has 1 aromatic heterocycles. The van der Waals surface area contributed by atoms with Crippen molar-refractivity contribution in [1.82, 2.24) is 15.1 Å². The first kappa shape index (κ1) is 14.7. The lowest BCUT2D eigenvalue weighted by molar-refractivity contribution is 0.0273. The molecule has 1 aliphatic rings. The minimum Gasteiger partial charge on any atom is -0.373 e. The van der Waals surface area contributed by atoms with E-state index in [0.29, 0.717) is 18.8 Å². The molecule has 0 aliphatic carbocycles. The first-order valence-corrected chi connectivity index (χ1v) is 6.66. The van der Waals surface area contributed by atoms with Gasteiger partial charge in [0.15, 0.2) is 11.5 Å². The largest absolute Gasteiger partial charge is 0.373 e. The Morgan fingerprint density at radius 2 is 2.25 bits per heavy atom. The Kier molecular flexibility index (Phi) is 4.51. The van der Waals surface area contributed by atoms with Gasteiger partial charge < -0.3 is 20.3 Å². The highest BCUT2D eigenvalue weighted by Crippen LogP contribution is 2.15. The van der Waals surface area contributed by atoms with Crippen LogP contribution in [0.5, 0.6) is 0 Å². The molecule has 7 heteroatoms. The monoisotopic (exact) mass is 279 g/mol. The van der Waals surface area contributed by atoms with Crippen molar-refractivity contribution in [2.75, 3.05) is 38.7 Å². The van der Waals surface area contributed by atoms with Crippen LogP contribution in [0.15, 0.2) is 12.1 Å². The number of amides is 1. The maximum absolute atomic E-state index is 11.7. The predicted octanol–water partition coefficient (Wildman–Crippen LogP) is -0.269. The number of hydrogen-bond donors (Lipinski definition) is 1. The van der Waals surface area contributed by atoms with Gasteiger partial charge in [-0.3, -0.25) is 4.79 Å². The topological polar surface area (TPSA) is 84.6 Å². The van der Waals surface area contributed by atoms with E-state index >= 15 is 0 Å². The molecule has 0 saturated carbocycles. The van der Waals surface area contributed by atoms with Crippen molar-refractivity contribution in [1.29, 1.82) is 0 Å². The summed E-state index contributed by atoms with van der Waals surface area (Å²) in [4.78, 5) is 15.3. The predicted molar refractivity (Wildman–Crippen MR) is 75.7 cm³/mol. The lowest BCUT2D eigenvalue weighted by atomic mass is 10.1. The molecule has 7 nitrogen and oxygen atoms in total. The molecule has 2 atom stereocenters. The Balaban J connectivity index is 2.08. The average Bonchev–Trinajstić information content (AvgIpc) is 2.46. The Morgan fingerprint density at radius 1 is 1.50 bits per heavy atom. The second kappa shape index (κ2) is 6.15. The Bertz CT molecular complexity index is 460. The molecular weight excluding hydrogens is 258 g/mol. The van der Waals surface area contributed by atoms with Crippen LogP contribution < -0.4 is 10.6 Å². The van der Waals surface area contributed by atoms with Crippen LogP contribution in [0.1, 0.15) is 17.4 Å². The third-order valence-corrected chi connectivity index (χ3v) is 3.28. The summed E-state index contributed by atoms with van der Waals surface area (Å²) in [6, 6.07) is 3.48. The first-order valence-electron chi connectivity index (χ1n) is 6.66. The number of rotatable bonds is 3. The minimum absolute atomic E-state index is 0.00589. The molecule has 2 rings (SSSR count). The summed E-state index contributed by atoms with van der Waals surface area (Å²) in [5.74, 6) is 0.591. The normalized spacial score (nSPS) is 20.6. The van der Waals surface area contributed by atoms with Crippen molar-refractivity contribution in [2.24, 2.45) is 5.73 Å². The zero-order chi connectivity index (χ0) is 14.7. The Hall–Kier alpha value is -1.73. The molecule has 1 aromatic rings. The zero-order valence-corrected chi connectivity index (χ0v) is 12.1. The van der Waals surface area contributed by atoms with Gasteiger partial charge in [0.2, 0.25) is 0 Å². The van der Waals surface area contributed by atoms with E-state index in [9.17, 15) is 4.79 Å². The van der Waals surface area contributed by atoms with Gasteiger partial charge in [-0.05, 0) is 19.1 Å². The van der Waals surface area contributed by atoms with Gasteiger partial charge in [0.1, 0.15) is 0 Å².